The van der Waals surface area contributed by atoms with Crippen LogP contribution in [0.25, 0.3) is 0 Å². The topological polar surface area (TPSA) is 12.0 Å². The molecule has 2 aromatic rings. The molecule has 94 valence electrons. The zero-order chi connectivity index (χ0) is 12.1. The van der Waals surface area contributed by atoms with E-state index in [1.54, 1.807) is 0 Å². The predicted molar refractivity (Wildman–Crippen MR) is 70.5 cm³/mol. The fraction of sp³-hybridized carbons (Fsp3) is 0.250. The van der Waals surface area contributed by atoms with E-state index in [9.17, 15) is 0 Å². The summed E-state index contributed by atoms with van der Waals surface area (Å²) in [7, 11) is 0. The molecule has 3 heteroatoms. The molecular formula is C16H17NY2-2. The smallest absolute Gasteiger partial charge is 0.00752 e. The van der Waals surface area contributed by atoms with Gasteiger partial charge in [0.1, 0.15) is 0 Å². The molecule has 0 bridgehead atoms. The van der Waals surface area contributed by atoms with Crippen molar-refractivity contribution >= 4 is 0 Å². The molecule has 0 spiro atoms. The molecule has 2 atom stereocenters. The summed E-state index contributed by atoms with van der Waals surface area (Å²) in [6.45, 7) is 4.36. The Morgan fingerprint density at radius 1 is 0.737 bits per heavy atom. The Hall–Kier alpha value is 0.608. The van der Waals surface area contributed by atoms with Gasteiger partial charge in [-0.05, 0) is 13.8 Å². The standard InChI is InChI=1S/C16H17N.2Y/c1-13(15-9-5-3-6-10-15)17-14(2)16-11-7-4-8-12-16;;/h5-14,17H,1-2H3;;/q-2;;/t13-,14-;;/m0../s1. The van der Waals surface area contributed by atoms with E-state index in [-0.39, 0.29) is 65.4 Å². The molecule has 0 aliphatic rings. The van der Waals surface area contributed by atoms with Crippen molar-refractivity contribution in [3.05, 3.63) is 71.8 Å². The SMILES string of the molecule is C[C@H](N[C@@H](C)c1cc[c-]cc1)c1cc[c-]cc1.[Y].[Y]. The largest absolute Gasteiger partial charge is 0.308 e. The summed E-state index contributed by atoms with van der Waals surface area (Å²) in [6.07, 6.45) is 0. The summed E-state index contributed by atoms with van der Waals surface area (Å²) in [5.74, 6) is 0. The normalized spacial score (nSPS) is 12.7. The predicted octanol–water partition coefficient (Wildman–Crippen LogP) is 3.69. The van der Waals surface area contributed by atoms with Crippen molar-refractivity contribution < 1.29 is 65.4 Å². The molecule has 19 heavy (non-hydrogen) atoms. The average molecular weight is 401 g/mol. The average Bonchev–Trinajstić information content (AvgIpc) is 2.40. The molecule has 2 radical (unpaired) electrons. The van der Waals surface area contributed by atoms with Crippen LogP contribution in [-0.4, -0.2) is 0 Å². The van der Waals surface area contributed by atoms with Crippen molar-refractivity contribution in [3.8, 4) is 0 Å². The van der Waals surface area contributed by atoms with Crippen LogP contribution in [0.15, 0.2) is 48.5 Å². The fourth-order valence-corrected chi connectivity index (χ4v) is 1.94. The molecule has 0 saturated carbocycles. The van der Waals surface area contributed by atoms with Crippen LogP contribution in [-0.2, 0) is 65.4 Å². The zero-order valence-corrected chi connectivity index (χ0v) is 17.1. The first-order valence-corrected chi connectivity index (χ1v) is 5.95. The molecule has 1 N–H and O–H groups in total. The first-order valence-electron chi connectivity index (χ1n) is 5.95. The molecule has 0 amide bonds. The molecule has 1 nitrogen and oxygen atoms in total. The van der Waals surface area contributed by atoms with Gasteiger partial charge >= 0.3 is 0 Å². The summed E-state index contributed by atoms with van der Waals surface area (Å²) >= 11 is 0. The Morgan fingerprint density at radius 2 is 1.05 bits per heavy atom. The summed E-state index contributed by atoms with van der Waals surface area (Å²) in [5.41, 5.74) is 2.58. The third-order valence-corrected chi connectivity index (χ3v) is 2.99. The summed E-state index contributed by atoms with van der Waals surface area (Å²) in [6, 6.07) is 23.0. The molecule has 0 saturated heterocycles. The Kier molecular flexibility index (Phi) is 10.7. The number of rotatable bonds is 4. The van der Waals surface area contributed by atoms with E-state index in [0.29, 0.717) is 12.1 Å². The third kappa shape index (κ3) is 6.27. The minimum absolute atomic E-state index is 0. The maximum atomic E-state index is 3.58. The van der Waals surface area contributed by atoms with Crippen molar-refractivity contribution in [2.45, 2.75) is 25.9 Å². The summed E-state index contributed by atoms with van der Waals surface area (Å²) in [5, 5.41) is 3.58. The van der Waals surface area contributed by atoms with Gasteiger partial charge in [-0.15, -0.1) is 11.1 Å². The van der Waals surface area contributed by atoms with Crippen molar-refractivity contribution in [2.24, 2.45) is 0 Å². The van der Waals surface area contributed by atoms with E-state index in [0.717, 1.165) is 0 Å². The Morgan fingerprint density at radius 3 is 1.37 bits per heavy atom. The van der Waals surface area contributed by atoms with Crippen molar-refractivity contribution in [1.82, 2.24) is 5.32 Å². The Balaban J connectivity index is 0.00000162. The molecule has 2 rings (SSSR count). The van der Waals surface area contributed by atoms with Gasteiger partial charge in [0.25, 0.3) is 0 Å². The molecule has 2 aromatic carbocycles. The Labute approximate surface area is 166 Å². The second-order valence-corrected chi connectivity index (χ2v) is 4.28. The van der Waals surface area contributed by atoms with Gasteiger partial charge in [-0.3, -0.25) is 0 Å². The minimum Gasteiger partial charge on any atom is -0.308 e. The second-order valence-electron chi connectivity index (χ2n) is 4.28. The summed E-state index contributed by atoms with van der Waals surface area (Å²) in [4.78, 5) is 0. The monoisotopic (exact) mass is 401 g/mol. The molecule has 0 fully saturated rings. The van der Waals surface area contributed by atoms with Gasteiger partial charge in [-0.2, -0.15) is 60.7 Å². The van der Waals surface area contributed by atoms with Gasteiger partial charge in [0.15, 0.2) is 0 Å². The third-order valence-electron chi connectivity index (χ3n) is 2.99. The molecule has 0 aromatic heterocycles. The van der Waals surface area contributed by atoms with E-state index < -0.39 is 0 Å². The van der Waals surface area contributed by atoms with E-state index in [1.807, 2.05) is 24.3 Å². The number of hydrogen-bond donors (Lipinski definition) is 1. The minimum atomic E-state index is 0. The van der Waals surface area contributed by atoms with Crippen LogP contribution in [0.4, 0.5) is 0 Å². The Bertz CT molecular complexity index is 401. The van der Waals surface area contributed by atoms with Crippen LogP contribution in [0.2, 0.25) is 0 Å². The van der Waals surface area contributed by atoms with Gasteiger partial charge in [0.2, 0.25) is 0 Å². The van der Waals surface area contributed by atoms with Gasteiger partial charge < -0.3 is 5.32 Å². The van der Waals surface area contributed by atoms with Crippen molar-refractivity contribution in [2.75, 3.05) is 0 Å². The molecular weight excluding hydrogens is 384 g/mol. The van der Waals surface area contributed by atoms with Gasteiger partial charge in [-0.1, -0.05) is 0 Å². The number of nitrogens with one attached hydrogen (secondary N) is 1. The zero-order valence-electron chi connectivity index (χ0n) is 11.4. The maximum absolute atomic E-state index is 3.58. The molecule has 0 unspecified atom stereocenters. The van der Waals surface area contributed by atoms with Crippen LogP contribution in [0.5, 0.6) is 0 Å². The quantitative estimate of drug-likeness (QED) is 0.771. The van der Waals surface area contributed by atoms with Gasteiger partial charge in [-0.25, -0.2) is 0 Å². The first kappa shape index (κ1) is 19.6. The molecule has 0 heterocycles. The first-order chi connectivity index (χ1) is 8.27. The maximum Gasteiger partial charge on any atom is 0.00752 e. The van der Waals surface area contributed by atoms with Gasteiger partial charge in [0.05, 0.1) is 0 Å². The van der Waals surface area contributed by atoms with Crippen molar-refractivity contribution in [3.63, 3.8) is 0 Å². The van der Waals surface area contributed by atoms with E-state index in [2.05, 4.69) is 55.6 Å². The van der Waals surface area contributed by atoms with Crippen LogP contribution < -0.4 is 5.32 Å². The van der Waals surface area contributed by atoms with Crippen LogP contribution in [0, 0.1) is 12.1 Å². The van der Waals surface area contributed by atoms with E-state index in [4.69, 9.17) is 0 Å². The van der Waals surface area contributed by atoms with Crippen LogP contribution in [0.1, 0.15) is 37.1 Å². The van der Waals surface area contributed by atoms with Gasteiger partial charge in [0, 0.05) is 77.5 Å². The van der Waals surface area contributed by atoms with E-state index in [1.165, 1.54) is 11.1 Å². The fourth-order valence-electron chi connectivity index (χ4n) is 1.94. The number of hydrogen-bond acceptors (Lipinski definition) is 1. The number of benzene rings is 2. The van der Waals surface area contributed by atoms with E-state index >= 15 is 0 Å². The molecule has 0 aliphatic carbocycles. The second kappa shape index (κ2) is 10.4. The van der Waals surface area contributed by atoms with Crippen molar-refractivity contribution in [1.29, 1.82) is 0 Å². The van der Waals surface area contributed by atoms with Crippen LogP contribution >= 0.6 is 0 Å². The summed E-state index contributed by atoms with van der Waals surface area (Å²) < 4.78 is 0. The molecule has 0 aliphatic heterocycles. The van der Waals surface area contributed by atoms with Crippen LogP contribution in [0.3, 0.4) is 0 Å².